The number of rotatable bonds is 5. The van der Waals surface area contributed by atoms with Gasteiger partial charge in [0.25, 0.3) is 0 Å². The lowest BCUT2D eigenvalue weighted by Gasteiger charge is -2.06. The van der Waals surface area contributed by atoms with Crippen molar-refractivity contribution in [1.82, 2.24) is 10.2 Å². The Balaban J connectivity index is 2.07. The molecule has 3 rings (SSSR count). The first-order valence-electron chi connectivity index (χ1n) is 7.30. The first kappa shape index (κ1) is 15.8. The van der Waals surface area contributed by atoms with Crippen molar-refractivity contribution in [3.63, 3.8) is 0 Å². The van der Waals surface area contributed by atoms with E-state index in [1.54, 1.807) is 12.1 Å². The number of aliphatic hydroxyl groups excluding tert-OH is 1. The number of hydrogen-bond donors (Lipinski definition) is 3. The van der Waals surface area contributed by atoms with Crippen molar-refractivity contribution in [3.05, 3.63) is 58.8 Å². The lowest BCUT2D eigenvalue weighted by atomic mass is 10.1. The Morgan fingerprint density at radius 1 is 1.29 bits per heavy atom. The Labute approximate surface area is 138 Å². The lowest BCUT2D eigenvalue weighted by molar-refractivity contribution is 0.0693. The summed E-state index contributed by atoms with van der Waals surface area (Å²) < 4.78 is 5.30. The third-order valence-corrected chi connectivity index (χ3v) is 3.71. The van der Waals surface area contributed by atoms with Crippen LogP contribution in [0.3, 0.4) is 0 Å². The highest BCUT2D eigenvalue weighted by Gasteiger charge is 2.17. The Bertz CT molecular complexity index is 928. The van der Waals surface area contributed by atoms with Crippen molar-refractivity contribution in [2.45, 2.75) is 6.61 Å². The Hall–Kier alpha value is -3.12. The molecule has 0 saturated heterocycles. The van der Waals surface area contributed by atoms with E-state index in [0.29, 0.717) is 16.6 Å². The average Bonchev–Trinajstić information content (AvgIpc) is 3.02. The lowest BCUT2D eigenvalue weighted by Crippen LogP contribution is -2.00. The van der Waals surface area contributed by atoms with E-state index in [9.17, 15) is 15.0 Å². The molecule has 6 nitrogen and oxygen atoms in total. The number of hydrogen-bond acceptors (Lipinski definition) is 4. The van der Waals surface area contributed by atoms with E-state index in [-0.39, 0.29) is 17.9 Å². The molecule has 24 heavy (non-hydrogen) atoms. The number of carboxylic acid groups (broad SMARTS) is 1. The summed E-state index contributed by atoms with van der Waals surface area (Å²) >= 11 is 0. The molecule has 0 aliphatic heterocycles. The van der Waals surface area contributed by atoms with E-state index in [0.717, 1.165) is 11.1 Å². The van der Waals surface area contributed by atoms with Crippen LogP contribution in [0.2, 0.25) is 0 Å². The maximum absolute atomic E-state index is 11.4. The van der Waals surface area contributed by atoms with E-state index < -0.39 is 5.97 Å². The van der Waals surface area contributed by atoms with Crippen LogP contribution in [-0.4, -0.2) is 33.5 Å². The van der Waals surface area contributed by atoms with Crippen LogP contribution in [0.4, 0.5) is 0 Å². The Kier molecular flexibility index (Phi) is 4.31. The topological polar surface area (TPSA) is 95.4 Å². The van der Waals surface area contributed by atoms with Gasteiger partial charge < -0.3 is 14.9 Å². The van der Waals surface area contributed by atoms with Crippen molar-refractivity contribution in [3.8, 4) is 5.75 Å². The zero-order valence-corrected chi connectivity index (χ0v) is 13.0. The minimum Gasteiger partial charge on any atom is -0.495 e. The number of carbonyl (C=O) groups is 1. The quantitative estimate of drug-likeness (QED) is 0.670. The number of fused-ring (bicyclic) bond motifs is 1. The second kappa shape index (κ2) is 6.55. The zero-order valence-electron chi connectivity index (χ0n) is 13.0. The molecule has 0 fully saturated rings. The van der Waals surface area contributed by atoms with Crippen molar-refractivity contribution in [2.75, 3.05) is 7.11 Å². The number of ether oxygens (including phenoxy) is 1. The van der Waals surface area contributed by atoms with Crippen LogP contribution in [0.15, 0.2) is 36.4 Å². The Morgan fingerprint density at radius 2 is 2.12 bits per heavy atom. The van der Waals surface area contributed by atoms with Gasteiger partial charge in [0.1, 0.15) is 11.3 Å². The number of carboxylic acids is 1. The summed E-state index contributed by atoms with van der Waals surface area (Å²) in [7, 11) is 1.44. The zero-order chi connectivity index (χ0) is 17.1. The van der Waals surface area contributed by atoms with Gasteiger partial charge in [-0.2, -0.15) is 5.10 Å². The number of methoxy groups -OCH3 is 1. The van der Waals surface area contributed by atoms with Gasteiger partial charge in [-0.05, 0) is 35.4 Å². The van der Waals surface area contributed by atoms with Crippen LogP contribution in [0.1, 0.15) is 27.2 Å². The molecule has 0 bridgehead atoms. The molecule has 0 unspecified atom stereocenters. The number of nitrogens with zero attached hydrogens (tertiary/aromatic N) is 1. The predicted molar refractivity (Wildman–Crippen MR) is 90.9 cm³/mol. The van der Waals surface area contributed by atoms with Crippen LogP contribution in [0.25, 0.3) is 23.1 Å². The second-order valence-corrected chi connectivity index (χ2v) is 5.22. The molecule has 0 saturated carbocycles. The molecule has 0 atom stereocenters. The van der Waals surface area contributed by atoms with Crippen LogP contribution in [0.5, 0.6) is 5.75 Å². The molecule has 0 spiro atoms. The van der Waals surface area contributed by atoms with E-state index in [4.69, 9.17) is 4.74 Å². The monoisotopic (exact) mass is 324 g/mol. The number of aromatic nitrogens is 2. The number of nitrogens with one attached hydrogen (secondary N) is 1. The molecular formula is C18H16N2O4. The molecular weight excluding hydrogens is 308 g/mol. The molecule has 0 aliphatic carbocycles. The highest BCUT2D eigenvalue weighted by atomic mass is 16.5. The fourth-order valence-electron chi connectivity index (χ4n) is 2.58. The van der Waals surface area contributed by atoms with Gasteiger partial charge in [-0.15, -0.1) is 0 Å². The summed E-state index contributed by atoms with van der Waals surface area (Å²) in [4.78, 5) is 11.4. The van der Waals surface area contributed by atoms with Crippen molar-refractivity contribution in [2.24, 2.45) is 0 Å². The molecule has 3 aromatic rings. The molecule has 1 aromatic heterocycles. The van der Waals surface area contributed by atoms with Gasteiger partial charge in [0.15, 0.2) is 0 Å². The van der Waals surface area contributed by atoms with Crippen molar-refractivity contribution >= 4 is 29.0 Å². The van der Waals surface area contributed by atoms with Gasteiger partial charge in [0.05, 0.1) is 30.3 Å². The largest absolute Gasteiger partial charge is 0.495 e. The minimum absolute atomic E-state index is 0.0250. The molecule has 2 aromatic carbocycles. The van der Waals surface area contributed by atoms with Gasteiger partial charge >= 0.3 is 5.97 Å². The molecule has 1 heterocycles. The summed E-state index contributed by atoms with van der Waals surface area (Å²) in [6.45, 7) is -0.0250. The number of aromatic carboxylic acids is 1. The number of aromatic amines is 1. The molecule has 122 valence electrons. The van der Waals surface area contributed by atoms with Crippen LogP contribution in [-0.2, 0) is 6.61 Å². The van der Waals surface area contributed by atoms with Gasteiger partial charge in [0.2, 0.25) is 0 Å². The third-order valence-electron chi connectivity index (χ3n) is 3.71. The SMILES string of the molecule is COc1c(C(=O)O)ccc2[nH]nc(C=Cc3cccc(CO)c3)c12. The Morgan fingerprint density at radius 3 is 2.83 bits per heavy atom. The van der Waals surface area contributed by atoms with Gasteiger partial charge in [-0.1, -0.05) is 24.3 Å². The maximum Gasteiger partial charge on any atom is 0.339 e. The maximum atomic E-state index is 11.4. The van der Waals surface area contributed by atoms with Crippen LogP contribution >= 0.6 is 0 Å². The number of benzene rings is 2. The van der Waals surface area contributed by atoms with Gasteiger partial charge in [-0.3, -0.25) is 5.10 Å². The summed E-state index contributed by atoms with van der Waals surface area (Å²) in [6, 6.07) is 10.6. The summed E-state index contributed by atoms with van der Waals surface area (Å²) in [6.07, 6.45) is 3.63. The highest BCUT2D eigenvalue weighted by molar-refractivity contribution is 6.02. The van der Waals surface area contributed by atoms with Gasteiger partial charge in [0, 0.05) is 0 Å². The van der Waals surface area contributed by atoms with Crippen molar-refractivity contribution in [1.29, 1.82) is 0 Å². The summed E-state index contributed by atoms with van der Waals surface area (Å²) in [5.41, 5.74) is 3.09. The van der Waals surface area contributed by atoms with Crippen molar-refractivity contribution < 1.29 is 19.7 Å². The number of aliphatic hydroxyl groups is 1. The number of H-pyrrole nitrogens is 1. The molecule has 0 amide bonds. The first-order valence-corrected chi connectivity index (χ1v) is 7.30. The normalized spacial score (nSPS) is 11.2. The summed E-state index contributed by atoms with van der Waals surface area (Å²) in [5.74, 6) is -0.780. The average molecular weight is 324 g/mol. The molecule has 0 radical (unpaired) electrons. The fraction of sp³-hybridized carbons (Fsp3) is 0.111. The van der Waals surface area contributed by atoms with Gasteiger partial charge in [-0.25, -0.2) is 4.79 Å². The second-order valence-electron chi connectivity index (χ2n) is 5.22. The minimum atomic E-state index is -1.06. The standard InChI is InChI=1S/C18H16N2O4/c1-24-17-13(18(22)23)6-8-15-16(17)14(19-20-15)7-5-11-3-2-4-12(9-11)10-21/h2-9,21H,10H2,1H3,(H,19,20)(H,22,23). The fourth-order valence-corrected chi connectivity index (χ4v) is 2.58. The summed E-state index contributed by atoms with van der Waals surface area (Å²) in [5, 5.41) is 26.2. The van der Waals surface area contributed by atoms with E-state index >= 15 is 0 Å². The van der Waals surface area contributed by atoms with E-state index in [1.807, 2.05) is 30.3 Å². The third kappa shape index (κ3) is 2.87. The van der Waals surface area contributed by atoms with Crippen LogP contribution in [0, 0.1) is 0 Å². The predicted octanol–water partition coefficient (Wildman–Crippen LogP) is 2.93. The first-order chi connectivity index (χ1) is 11.6. The van der Waals surface area contributed by atoms with E-state index in [1.165, 1.54) is 13.2 Å². The van der Waals surface area contributed by atoms with E-state index in [2.05, 4.69) is 10.2 Å². The molecule has 6 heteroatoms. The molecule has 3 N–H and O–H groups in total. The molecule has 0 aliphatic rings. The smallest absolute Gasteiger partial charge is 0.339 e. The highest BCUT2D eigenvalue weighted by Crippen LogP contribution is 2.32. The van der Waals surface area contributed by atoms with Crippen LogP contribution < -0.4 is 4.74 Å².